The summed E-state index contributed by atoms with van der Waals surface area (Å²) >= 11 is 0. The number of nitrogens with zero attached hydrogens (tertiary/aromatic N) is 3. The van der Waals surface area contributed by atoms with Crippen LogP contribution < -0.4 is 15.3 Å². The molecule has 0 spiro atoms. The Labute approximate surface area is 218 Å². The molecule has 1 saturated heterocycles. The van der Waals surface area contributed by atoms with E-state index in [1.165, 1.54) is 24.7 Å². The topological polar surface area (TPSA) is 160 Å². The Morgan fingerprint density at radius 3 is 2.68 bits per heavy atom. The molecule has 0 amide bonds. The number of esters is 1. The molecule has 1 aliphatic heterocycles. The number of fused-ring (bicyclic) bond motifs is 1. The van der Waals surface area contributed by atoms with Crippen LogP contribution >= 0.6 is 7.75 Å². The lowest BCUT2D eigenvalue weighted by atomic mass is 9.94. The van der Waals surface area contributed by atoms with Gasteiger partial charge in [-0.15, -0.1) is 0 Å². The molecule has 0 aliphatic carbocycles. The van der Waals surface area contributed by atoms with E-state index in [0.29, 0.717) is 11.2 Å². The van der Waals surface area contributed by atoms with Crippen LogP contribution in [0.1, 0.15) is 33.4 Å². The molecule has 1 unspecified atom stereocenters. The smallest absolute Gasteiger partial charge is 0.459 e. The summed E-state index contributed by atoms with van der Waals surface area (Å²) in [6.45, 7) is 5.73. The molecule has 206 valence electrons. The Morgan fingerprint density at radius 1 is 1.29 bits per heavy atom. The number of nitrogens with two attached hydrogens (primary N) is 1. The normalized spacial score (nSPS) is 25.8. The van der Waals surface area contributed by atoms with Gasteiger partial charge in [0.1, 0.15) is 41.4 Å². The number of carbonyl (C=O) groups excluding carboxylic acids is 1. The second kappa shape index (κ2) is 11.0. The SMILES string of the molecule is CC(C)OC(=O)[C@@H](C)NP(=O)(OC[C@H]1O[C@@](C)(c2ccc3c(N)ncnn23)[C@H](F)[C@@H]1O)Oc1ccccc1. The minimum absolute atomic E-state index is 0.193. The van der Waals surface area contributed by atoms with E-state index in [0.717, 1.165) is 0 Å². The average molecular weight is 552 g/mol. The zero-order chi connectivity index (χ0) is 27.7. The first kappa shape index (κ1) is 27.9. The Hall–Kier alpha value is -3.09. The molecule has 4 rings (SSSR count). The number of halogens is 1. The summed E-state index contributed by atoms with van der Waals surface area (Å²) in [5, 5.41) is 17.4. The van der Waals surface area contributed by atoms with Crippen LogP contribution in [0, 0.1) is 0 Å². The van der Waals surface area contributed by atoms with Gasteiger partial charge in [-0.05, 0) is 52.0 Å². The molecule has 2 aromatic heterocycles. The summed E-state index contributed by atoms with van der Waals surface area (Å²) in [6.07, 6.45) is -3.95. The van der Waals surface area contributed by atoms with Crippen molar-refractivity contribution in [2.75, 3.05) is 12.3 Å². The molecule has 0 saturated carbocycles. The molecule has 0 bridgehead atoms. The third-order valence-electron chi connectivity index (χ3n) is 6.03. The molecule has 1 aliphatic rings. The highest BCUT2D eigenvalue weighted by Crippen LogP contribution is 2.47. The molecule has 14 heteroatoms. The number of aliphatic hydroxyl groups excluding tert-OH is 1. The zero-order valence-electron chi connectivity index (χ0n) is 21.4. The lowest BCUT2D eigenvalue weighted by Gasteiger charge is -2.27. The molecule has 1 aromatic carbocycles. The molecule has 12 nitrogen and oxygen atoms in total. The number of aromatic nitrogens is 3. The molecular weight excluding hydrogens is 520 g/mol. The number of hydrogen-bond donors (Lipinski definition) is 3. The fraction of sp³-hybridized carbons (Fsp3) is 0.458. The van der Waals surface area contributed by atoms with Gasteiger partial charge in [-0.1, -0.05) is 18.2 Å². The predicted octanol–water partition coefficient (Wildman–Crippen LogP) is 2.76. The number of carbonyl (C=O) groups is 1. The van der Waals surface area contributed by atoms with Crippen molar-refractivity contribution in [3.05, 3.63) is 54.5 Å². The van der Waals surface area contributed by atoms with Gasteiger partial charge < -0.3 is 24.8 Å². The van der Waals surface area contributed by atoms with E-state index < -0.39 is 56.4 Å². The van der Waals surface area contributed by atoms with Crippen molar-refractivity contribution in [1.29, 1.82) is 0 Å². The molecule has 6 atom stereocenters. The highest BCUT2D eigenvalue weighted by atomic mass is 31.2. The van der Waals surface area contributed by atoms with E-state index >= 15 is 4.39 Å². The average Bonchev–Trinajstić information content (AvgIpc) is 3.40. The minimum atomic E-state index is -4.25. The number of rotatable bonds is 10. The van der Waals surface area contributed by atoms with Crippen molar-refractivity contribution >= 4 is 25.1 Å². The molecule has 3 aromatic rings. The zero-order valence-corrected chi connectivity index (χ0v) is 22.2. The molecule has 4 N–H and O–H groups in total. The second-order valence-corrected chi connectivity index (χ2v) is 11.0. The van der Waals surface area contributed by atoms with Crippen molar-refractivity contribution in [3.63, 3.8) is 0 Å². The molecule has 1 fully saturated rings. The number of alkyl halides is 1. The first-order valence-corrected chi connectivity index (χ1v) is 13.5. The maximum Gasteiger partial charge on any atom is 0.459 e. The maximum absolute atomic E-state index is 15.5. The second-order valence-electron chi connectivity index (χ2n) is 9.35. The molecule has 3 heterocycles. The fourth-order valence-corrected chi connectivity index (χ4v) is 5.63. The van der Waals surface area contributed by atoms with Gasteiger partial charge in [0.05, 0.1) is 18.4 Å². The maximum atomic E-state index is 15.5. The third kappa shape index (κ3) is 5.67. The van der Waals surface area contributed by atoms with Gasteiger partial charge >= 0.3 is 13.7 Å². The predicted molar refractivity (Wildman–Crippen MR) is 135 cm³/mol. The summed E-state index contributed by atoms with van der Waals surface area (Å²) in [4.78, 5) is 16.3. The molecular formula is C24H31FN5O7P. The summed E-state index contributed by atoms with van der Waals surface area (Å²) in [5.41, 5.74) is 4.98. The van der Waals surface area contributed by atoms with E-state index in [-0.39, 0.29) is 11.6 Å². The lowest BCUT2D eigenvalue weighted by Crippen LogP contribution is -2.38. The Balaban J connectivity index is 1.54. The monoisotopic (exact) mass is 551 g/mol. The fourth-order valence-electron chi connectivity index (χ4n) is 4.13. The van der Waals surface area contributed by atoms with Crippen LogP contribution in [0.3, 0.4) is 0 Å². The van der Waals surface area contributed by atoms with Gasteiger partial charge in [0, 0.05) is 0 Å². The quantitative estimate of drug-likeness (QED) is 0.251. The van der Waals surface area contributed by atoms with E-state index in [4.69, 9.17) is 24.3 Å². The van der Waals surface area contributed by atoms with Gasteiger partial charge in [0.15, 0.2) is 12.0 Å². The van der Waals surface area contributed by atoms with Crippen LogP contribution in [0.5, 0.6) is 5.75 Å². The summed E-state index contributed by atoms with van der Waals surface area (Å²) in [7, 11) is -4.25. The van der Waals surface area contributed by atoms with Crippen LogP contribution in [-0.2, 0) is 29.0 Å². The van der Waals surface area contributed by atoms with Crippen molar-refractivity contribution in [2.24, 2.45) is 0 Å². The van der Waals surface area contributed by atoms with Gasteiger partial charge in [0.25, 0.3) is 0 Å². The van der Waals surface area contributed by atoms with Crippen LogP contribution in [0.2, 0.25) is 0 Å². The number of benzene rings is 1. The first-order valence-electron chi connectivity index (χ1n) is 12.0. The van der Waals surface area contributed by atoms with Gasteiger partial charge in [-0.3, -0.25) is 9.32 Å². The highest BCUT2D eigenvalue weighted by molar-refractivity contribution is 7.52. The van der Waals surface area contributed by atoms with Crippen molar-refractivity contribution < 1.29 is 37.4 Å². The number of anilines is 1. The van der Waals surface area contributed by atoms with Crippen molar-refractivity contribution in [1.82, 2.24) is 19.7 Å². The van der Waals surface area contributed by atoms with E-state index in [2.05, 4.69) is 15.2 Å². The number of para-hydroxylation sites is 1. The largest absolute Gasteiger partial charge is 0.462 e. The van der Waals surface area contributed by atoms with Crippen LogP contribution in [0.25, 0.3) is 5.52 Å². The number of nitrogen functional groups attached to an aromatic ring is 1. The Morgan fingerprint density at radius 2 is 2.00 bits per heavy atom. The van der Waals surface area contributed by atoms with Crippen molar-refractivity contribution in [2.45, 2.75) is 63.8 Å². The third-order valence-corrected chi connectivity index (χ3v) is 7.67. The molecule has 0 radical (unpaired) electrons. The van der Waals surface area contributed by atoms with Crippen molar-refractivity contribution in [3.8, 4) is 5.75 Å². The van der Waals surface area contributed by atoms with E-state index in [1.54, 1.807) is 56.3 Å². The minimum Gasteiger partial charge on any atom is -0.462 e. The number of aliphatic hydroxyl groups is 1. The number of hydrogen-bond acceptors (Lipinski definition) is 10. The number of ether oxygens (including phenoxy) is 2. The van der Waals surface area contributed by atoms with E-state index in [1.807, 2.05) is 0 Å². The van der Waals surface area contributed by atoms with Crippen LogP contribution in [-0.4, -0.2) is 62.8 Å². The summed E-state index contributed by atoms with van der Waals surface area (Å²) in [6, 6.07) is 10.3. The molecule has 38 heavy (non-hydrogen) atoms. The van der Waals surface area contributed by atoms with Gasteiger partial charge in [-0.25, -0.2) is 18.5 Å². The van der Waals surface area contributed by atoms with E-state index in [9.17, 15) is 14.5 Å². The van der Waals surface area contributed by atoms with Gasteiger partial charge in [0.2, 0.25) is 0 Å². The standard InChI is InChI=1S/C24H31FN5O7P/c1-14(2)35-23(32)15(3)29-38(33,37-16-8-6-5-7-9-16)34-12-18-20(31)21(25)24(4,36-18)19-11-10-17-22(26)27-13-28-30(17)19/h5-11,13-15,18,20-21,31H,12H2,1-4H3,(H,29,33)(H2,26,27,28)/t15-,18-,20-,21-,24+,38?/m1/s1. The summed E-state index contributed by atoms with van der Waals surface area (Å²) in [5.74, 6) is -0.278. The highest BCUT2D eigenvalue weighted by Gasteiger charge is 2.55. The van der Waals surface area contributed by atoms with Crippen LogP contribution in [0.4, 0.5) is 10.2 Å². The number of nitrogens with one attached hydrogen (secondary N) is 1. The Kier molecular flexibility index (Phi) is 8.05. The summed E-state index contributed by atoms with van der Waals surface area (Å²) < 4.78 is 52.9. The Bertz CT molecular complexity index is 1330. The first-order chi connectivity index (χ1) is 17.9. The van der Waals surface area contributed by atoms with Gasteiger partial charge in [-0.2, -0.15) is 10.2 Å². The lowest BCUT2D eigenvalue weighted by molar-refractivity contribution is -0.149. The van der Waals surface area contributed by atoms with Crippen LogP contribution in [0.15, 0.2) is 48.8 Å².